The minimum absolute atomic E-state index is 0.00239. The molecule has 0 unspecified atom stereocenters. The molecule has 1 N–H and O–H groups in total. The number of rotatable bonds is 5. The largest absolute Gasteiger partial charge is 0.324 e. The monoisotopic (exact) mass is 321 g/mol. The van der Waals surface area contributed by atoms with Crippen molar-refractivity contribution in [2.24, 2.45) is 0 Å². The molecule has 5 heteroatoms. The van der Waals surface area contributed by atoms with Gasteiger partial charge in [-0.25, -0.2) is 8.78 Å². The molecule has 0 saturated carbocycles. The van der Waals surface area contributed by atoms with Crippen LogP contribution in [-0.4, -0.2) is 11.7 Å². The number of carbonyl (C=O) groups excluding carboxylic acids is 1. The Balaban J connectivity index is 1.83. The third-order valence-corrected chi connectivity index (χ3v) is 4.28. The minimum atomic E-state index is -0.768. The zero-order chi connectivity index (χ0) is 16.1. The van der Waals surface area contributed by atoms with Crippen molar-refractivity contribution < 1.29 is 13.6 Å². The number of hydrogen-bond acceptors (Lipinski definition) is 2. The predicted molar refractivity (Wildman–Crippen MR) is 86.2 cm³/mol. The third kappa shape index (κ3) is 4.56. The van der Waals surface area contributed by atoms with Crippen molar-refractivity contribution in [3.63, 3.8) is 0 Å². The molecule has 0 aliphatic heterocycles. The highest BCUT2D eigenvalue weighted by Gasteiger charge is 2.08. The zero-order valence-corrected chi connectivity index (χ0v) is 13.3. The van der Waals surface area contributed by atoms with Gasteiger partial charge in [-0.15, -0.1) is 11.8 Å². The molecular weight excluding hydrogens is 304 g/mol. The maximum atomic E-state index is 13.4. The number of hydrogen-bond donors (Lipinski definition) is 1. The Bertz CT molecular complexity index is 688. The van der Waals surface area contributed by atoms with Gasteiger partial charge >= 0.3 is 0 Å². The Morgan fingerprint density at radius 3 is 2.55 bits per heavy atom. The topological polar surface area (TPSA) is 29.1 Å². The van der Waals surface area contributed by atoms with Gasteiger partial charge < -0.3 is 5.32 Å². The van der Waals surface area contributed by atoms with Gasteiger partial charge in [0.15, 0.2) is 0 Å². The first-order chi connectivity index (χ1) is 10.5. The summed E-state index contributed by atoms with van der Waals surface area (Å²) in [6, 6.07) is 9.23. The lowest BCUT2D eigenvalue weighted by Gasteiger charge is -2.07. The maximum absolute atomic E-state index is 13.4. The SMILES string of the molecule is Cc1ccc(SCCC(=O)Nc2ccc(F)cc2F)cc1C. The van der Waals surface area contributed by atoms with Crippen LogP contribution in [0.1, 0.15) is 17.5 Å². The van der Waals surface area contributed by atoms with Crippen molar-refractivity contribution in [2.45, 2.75) is 25.2 Å². The molecule has 0 fully saturated rings. The summed E-state index contributed by atoms with van der Waals surface area (Å²) in [7, 11) is 0. The average molecular weight is 321 g/mol. The van der Waals surface area contributed by atoms with E-state index in [2.05, 4.69) is 18.3 Å². The highest BCUT2D eigenvalue weighted by Crippen LogP contribution is 2.22. The van der Waals surface area contributed by atoms with Crippen molar-refractivity contribution in [1.82, 2.24) is 0 Å². The molecule has 0 heterocycles. The quantitative estimate of drug-likeness (QED) is 0.809. The van der Waals surface area contributed by atoms with Crippen molar-refractivity contribution in [3.05, 3.63) is 59.2 Å². The molecule has 0 radical (unpaired) electrons. The van der Waals surface area contributed by atoms with Gasteiger partial charge in [0, 0.05) is 23.1 Å². The van der Waals surface area contributed by atoms with E-state index in [1.165, 1.54) is 17.2 Å². The molecule has 116 valence electrons. The fourth-order valence-electron chi connectivity index (χ4n) is 1.87. The number of nitrogens with one attached hydrogen (secondary N) is 1. The summed E-state index contributed by atoms with van der Waals surface area (Å²) >= 11 is 1.57. The van der Waals surface area contributed by atoms with E-state index in [-0.39, 0.29) is 18.0 Å². The van der Waals surface area contributed by atoms with Gasteiger partial charge in [0.25, 0.3) is 0 Å². The molecular formula is C17H17F2NOS. The smallest absolute Gasteiger partial charge is 0.225 e. The Labute approximate surface area is 132 Å². The molecule has 0 spiro atoms. The third-order valence-electron chi connectivity index (χ3n) is 3.28. The van der Waals surface area contributed by atoms with Crippen molar-refractivity contribution in [3.8, 4) is 0 Å². The standard InChI is InChI=1S/C17H17F2NOS/c1-11-3-5-14(9-12(11)2)22-8-7-17(21)20-16-6-4-13(18)10-15(16)19/h3-6,9-10H,7-8H2,1-2H3,(H,20,21). The van der Waals surface area contributed by atoms with E-state index in [4.69, 9.17) is 0 Å². The fourth-order valence-corrected chi connectivity index (χ4v) is 2.82. The van der Waals surface area contributed by atoms with E-state index in [1.807, 2.05) is 19.1 Å². The summed E-state index contributed by atoms with van der Waals surface area (Å²) in [5, 5.41) is 2.45. The Kier molecular flexibility index (Phi) is 5.55. The normalized spacial score (nSPS) is 10.5. The molecule has 0 aliphatic carbocycles. The highest BCUT2D eigenvalue weighted by molar-refractivity contribution is 7.99. The van der Waals surface area contributed by atoms with E-state index in [0.717, 1.165) is 17.0 Å². The zero-order valence-electron chi connectivity index (χ0n) is 12.5. The summed E-state index contributed by atoms with van der Waals surface area (Å²) in [6.45, 7) is 4.10. The average Bonchev–Trinajstić information content (AvgIpc) is 2.46. The van der Waals surface area contributed by atoms with Gasteiger partial charge in [0.2, 0.25) is 5.91 Å². The molecule has 0 aliphatic rings. The molecule has 0 saturated heterocycles. The Morgan fingerprint density at radius 1 is 1.09 bits per heavy atom. The second-order valence-electron chi connectivity index (χ2n) is 5.02. The lowest BCUT2D eigenvalue weighted by atomic mass is 10.1. The number of carbonyl (C=O) groups is 1. The van der Waals surface area contributed by atoms with Gasteiger partial charge in [0.05, 0.1) is 5.69 Å². The van der Waals surface area contributed by atoms with E-state index >= 15 is 0 Å². The summed E-state index contributed by atoms with van der Waals surface area (Å²) < 4.78 is 26.2. The molecule has 0 bridgehead atoms. The van der Waals surface area contributed by atoms with Crippen LogP contribution in [0.25, 0.3) is 0 Å². The van der Waals surface area contributed by atoms with Gasteiger partial charge in [-0.3, -0.25) is 4.79 Å². The second-order valence-corrected chi connectivity index (χ2v) is 6.19. The van der Waals surface area contributed by atoms with Crippen LogP contribution in [0.4, 0.5) is 14.5 Å². The summed E-state index contributed by atoms with van der Waals surface area (Å²) in [5.41, 5.74) is 2.44. The molecule has 0 atom stereocenters. The van der Waals surface area contributed by atoms with E-state index < -0.39 is 11.6 Å². The van der Waals surface area contributed by atoms with Crippen molar-refractivity contribution >= 4 is 23.4 Å². The lowest BCUT2D eigenvalue weighted by molar-refractivity contribution is -0.115. The van der Waals surface area contributed by atoms with Crippen LogP contribution < -0.4 is 5.32 Å². The molecule has 2 nitrogen and oxygen atoms in total. The van der Waals surface area contributed by atoms with Gasteiger partial charge in [0.1, 0.15) is 11.6 Å². The van der Waals surface area contributed by atoms with Crippen LogP contribution in [0.3, 0.4) is 0 Å². The number of benzene rings is 2. The van der Waals surface area contributed by atoms with Crippen LogP contribution in [0.2, 0.25) is 0 Å². The highest BCUT2D eigenvalue weighted by atomic mass is 32.2. The van der Waals surface area contributed by atoms with Crippen LogP contribution >= 0.6 is 11.8 Å². The first kappa shape index (κ1) is 16.5. The van der Waals surface area contributed by atoms with Crippen molar-refractivity contribution in [2.75, 3.05) is 11.1 Å². The van der Waals surface area contributed by atoms with Crippen LogP contribution in [0, 0.1) is 25.5 Å². The lowest BCUT2D eigenvalue weighted by Crippen LogP contribution is -2.13. The van der Waals surface area contributed by atoms with E-state index in [1.54, 1.807) is 11.8 Å². The molecule has 2 aromatic carbocycles. The van der Waals surface area contributed by atoms with E-state index in [9.17, 15) is 13.6 Å². The fraction of sp³-hybridized carbons (Fsp3) is 0.235. The van der Waals surface area contributed by atoms with Gasteiger partial charge in [-0.05, 0) is 49.2 Å². The van der Waals surface area contributed by atoms with Crippen molar-refractivity contribution in [1.29, 1.82) is 0 Å². The number of thioether (sulfide) groups is 1. The predicted octanol–water partition coefficient (Wildman–Crippen LogP) is 4.70. The second kappa shape index (κ2) is 7.40. The summed E-state index contributed by atoms with van der Waals surface area (Å²) in [6.07, 6.45) is 0.258. The minimum Gasteiger partial charge on any atom is -0.324 e. The number of halogens is 2. The summed E-state index contributed by atoms with van der Waals surface area (Å²) in [5.74, 6) is -1.13. The molecule has 1 amide bonds. The molecule has 22 heavy (non-hydrogen) atoms. The summed E-state index contributed by atoms with van der Waals surface area (Å²) in [4.78, 5) is 12.9. The number of anilines is 1. The Hall–Kier alpha value is -1.88. The van der Waals surface area contributed by atoms with Crippen LogP contribution in [-0.2, 0) is 4.79 Å². The molecule has 2 aromatic rings. The first-order valence-corrected chi connectivity index (χ1v) is 7.89. The van der Waals surface area contributed by atoms with Crippen LogP contribution in [0.15, 0.2) is 41.3 Å². The first-order valence-electron chi connectivity index (χ1n) is 6.90. The molecule has 0 aromatic heterocycles. The Morgan fingerprint density at radius 2 is 1.86 bits per heavy atom. The number of aryl methyl sites for hydroxylation is 2. The van der Waals surface area contributed by atoms with Gasteiger partial charge in [-0.2, -0.15) is 0 Å². The van der Waals surface area contributed by atoms with Crippen LogP contribution in [0.5, 0.6) is 0 Å². The number of amides is 1. The molecule has 2 rings (SSSR count). The van der Waals surface area contributed by atoms with Gasteiger partial charge in [-0.1, -0.05) is 6.07 Å². The maximum Gasteiger partial charge on any atom is 0.225 e. The van der Waals surface area contributed by atoms with E-state index in [0.29, 0.717) is 5.75 Å².